The van der Waals surface area contributed by atoms with Gasteiger partial charge < -0.3 is 10.3 Å². The minimum absolute atomic E-state index is 0.0251. The molecule has 4 heterocycles. The maximum Gasteiger partial charge on any atom is 0.251 e. The van der Waals surface area contributed by atoms with Gasteiger partial charge in [-0.25, -0.2) is 4.98 Å². The lowest BCUT2D eigenvalue weighted by Crippen LogP contribution is -2.62. The van der Waals surface area contributed by atoms with E-state index >= 15 is 0 Å². The third kappa shape index (κ3) is 2.12. The van der Waals surface area contributed by atoms with Crippen LogP contribution in [0.5, 0.6) is 0 Å². The summed E-state index contributed by atoms with van der Waals surface area (Å²) in [7, 11) is 0. The van der Waals surface area contributed by atoms with Crippen LogP contribution in [0.2, 0.25) is 0 Å². The highest BCUT2D eigenvalue weighted by Crippen LogP contribution is 2.32. The number of nitrogens with zero attached hydrogens (tertiary/aromatic N) is 2. The van der Waals surface area contributed by atoms with Gasteiger partial charge in [-0.3, -0.25) is 9.69 Å². The van der Waals surface area contributed by atoms with Gasteiger partial charge in [0.15, 0.2) is 0 Å². The van der Waals surface area contributed by atoms with Gasteiger partial charge in [-0.15, -0.1) is 0 Å². The molecule has 0 aliphatic carbocycles. The number of hydrogen-bond donors (Lipinski definition) is 2. The summed E-state index contributed by atoms with van der Waals surface area (Å²) >= 11 is 0. The number of aromatic nitrogens is 2. The molecular weight excluding hydrogens is 264 g/mol. The summed E-state index contributed by atoms with van der Waals surface area (Å²) in [5.41, 5.74) is 2.50. The Kier molecular flexibility index (Phi) is 2.96. The van der Waals surface area contributed by atoms with Gasteiger partial charge in [0.05, 0.1) is 17.4 Å². The summed E-state index contributed by atoms with van der Waals surface area (Å²) in [6.45, 7) is 4.59. The van der Waals surface area contributed by atoms with E-state index in [1.807, 2.05) is 18.2 Å². The molecule has 0 radical (unpaired) electrons. The van der Waals surface area contributed by atoms with E-state index in [1.165, 1.54) is 25.9 Å². The molecule has 0 saturated carbocycles. The van der Waals surface area contributed by atoms with E-state index in [-0.39, 0.29) is 11.9 Å². The fourth-order valence-corrected chi connectivity index (χ4v) is 3.86. The SMILES string of the molecule is C[C@@H]1C(NC(=O)c2ccc3nc[nH]c3c2)C2CCN1CC2. The summed E-state index contributed by atoms with van der Waals surface area (Å²) in [6, 6.07) is 6.34. The van der Waals surface area contributed by atoms with E-state index in [1.54, 1.807) is 6.33 Å². The van der Waals surface area contributed by atoms with Crippen LogP contribution < -0.4 is 5.32 Å². The van der Waals surface area contributed by atoms with Crippen LogP contribution in [-0.4, -0.2) is 45.9 Å². The van der Waals surface area contributed by atoms with Crippen molar-refractivity contribution in [2.75, 3.05) is 13.1 Å². The number of amides is 1. The first-order chi connectivity index (χ1) is 10.2. The van der Waals surface area contributed by atoms with Gasteiger partial charge in [0.1, 0.15) is 0 Å². The van der Waals surface area contributed by atoms with E-state index in [4.69, 9.17) is 0 Å². The number of piperidine rings is 3. The number of benzene rings is 1. The Balaban J connectivity index is 1.54. The molecule has 5 nitrogen and oxygen atoms in total. The lowest BCUT2D eigenvalue weighted by atomic mass is 9.79. The largest absolute Gasteiger partial charge is 0.347 e. The van der Waals surface area contributed by atoms with Gasteiger partial charge in [-0.1, -0.05) is 0 Å². The van der Waals surface area contributed by atoms with Crippen molar-refractivity contribution < 1.29 is 4.79 Å². The van der Waals surface area contributed by atoms with Gasteiger partial charge in [0, 0.05) is 17.6 Å². The highest BCUT2D eigenvalue weighted by molar-refractivity contribution is 5.97. The molecule has 3 aliphatic rings. The second kappa shape index (κ2) is 4.84. The molecule has 3 saturated heterocycles. The van der Waals surface area contributed by atoms with Gasteiger partial charge in [0.2, 0.25) is 0 Å². The number of aromatic amines is 1. The molecule has 1 aromatic carbocycles. The maximum absolute atomic E-state index is 12.5. The summed E-state index contributed by atoms with van der Waals surface area (Å²) in [5, 5.41) is 3.26. The first-order valence-electron chi connectivity index (χ1n) is 7.70. The highest BCUT2D eigenvalue weighted by Gasteiger charge is 2.40. The van der Waals surface area contributed by atoms with Crippen molar-refractivity contribution in [3.63, 3.8) is 0 Å². The Morgan fingerprint density at radius 3 is 2.95 bits per heavy atom. The summed E-state index contributed by atoms with van der Waals surface area (Å²) in [4.78, 5) is 22.3. The quantitative estimate of drug-likeness (QED) is 0.883. The van der Waals surface area contributed by atoms with Crippen molar-refractivity contribution in [3.8, 4) is 0 Å². The van der Waals surface area contributed by atoms with Crippen molar-refractivity contribution >= 4 is 16.9 Å². The molecule has 5 rings (SSSR count). The molecule has 3 fully saturated rings. The molecule has 21 heavy (non-hydrogen) atoms. The average Bonchev–Trinajstić information content (AvgIpc) is 2.98. The zero-order valence-electron chi connectivity index (χ0n) is 12.2. The minimum atomic E-state index is 0.0251. The van der Waals surface area contributed by atoms with E-state index in [2.05, 4.69) is 27.1 Å². The number of rotatable bonds is 2. The second-order valence-electron chi connectivity index (χ2n) is 6.25. The van der Waals surface area contributed by atoms with Crippen LogP contribution in [0.25, 0.3) is 11.0 Å². The topological polar surface area (TPSA) is 61.0 Å². The van der Waals surface area contributed by atoms with Crippen molar-refractivity contribution in [2.45, 2.75) is 31.8 Å². The molecule has 110 valence electrons. The van der Waals surface area contributed by atoms with Crippen LogP contribution in [0.1, 0.15) is 30.1 Å². The number of nitrogens with one attached hydrogen (secondary N) is 2. The predicted molar refractivity (Wildman–Crippen MR) is 81.1 cm³/mol. The summed E-state index contributed by atoms with van der Waals surface area (Å²) in [6.07, 6.45) is 4.06. The average molecular weight is 284 g/mol. The summed E-state index contributed by atoms with van der Waals surface area (Å²) < 4.78 is 0. The second-order valence-corrected chi connectivity index (χ2v) is 6.25. The molecule has 2 aromatic rings. The van der Waals surface area contributed by atoms with E-state index in [0.717, 1.165) is 11.0 Å². The Hall–Kier alpha value is -1.88. The zero-order chi connectivity index (χ0) is 14.4. The molecule has 3 aliphatic heterocycles. The molecule has 2 bridgehead atoms. The number of carbonyl (C=O) groups is 1. The third-order valence-electron chi connectivity index (χ3n) is 5.16. The molecular formula is C16H20N4O. The molecule has 1 aromatic heterocycles. The fourth-order valence-electron chi connectivity index (χ4n) is 3.86. The van der Waals surface area contributed by atoms with E-state index < -0.39 is 0 Å². The predicted octanol–water partition coefficient (Wildman–Crippen LogP) is 1.78. The van der Waals surface area contributed by atoms with Crippen LogP contribution in [0.4, 0.5) is 0 Å². The van der Waals surface area contributed by atoms with Crippen LogP contribution in [-0.2, 0) is 0 Å². The van der Waals surface area contributed by atoms with Crippen molar-refractivity contribution in [3.05, 3.63) is 30.1 Å². The van der Waals surface area contributed by atoms with E-state index in [9.17, 15) is 4.79 Å². The Bertz CT molecular complexity index is 670. The Morgan fingerprint density at radius 1 is 1.38 bits per heavy atom. The van der Waals surface area contributed by atoms with Gasteiger partial charge in [-0.05, 0) is 57.0 Å². The smallest absolute Gasteiger partial charge is 0.251 e. The Morgan fingerprint density at radius 2 is 2.19 bits per heavy atom. The highest BCUT2D eigenvalue weighted by atomic mass is 16.1. The maximum atomic E-state index is 12.5. The van der Waals surface area contributed by atoms with Crippen LogP contribution >= 0.6 is 0 Å². The van der Waals surface area contributed by atoms with Crippen LogP contribution in [0.3, 0.4) is 0 Å². The van der Waals surface area contributed by atoms with E-state index in [0.29, 0.717) is 17.5 Å². The first kappa shape index (κ1) is 12.8. The van der Waals surface area contributed by atoms with Crippen LogP contribution in [0.15, 0.2) is 24.5 Å². The van der Waals surface area contributed by atoms with Crippen molar-refractivity contribution in [2.24, 2.45) is 5.92 Å². The standard InChI is InChI=1S/C16H20N4O/c1-10-15(11-4-6-20(10)7-5-11)19-16(21)12-2-3-13-14(8-12)18-9-17-13/h2-3,8-11,15H,4-7H2,1H3,(H,17,18)(H,19,21)/t10-,15?/m1/s1. The molecule has 2 atom stereocenters. The van der Waals surface area contributed by atoms with Crippen molar-refractivity contribution in [1.29, 1.82) is 0 Å². The fraction of sp³-hybridized carbons (Fsp3) is 0.500. The zero-order valence-corrected chi connectivity index (χ0v) is 12.2. The Labute approximate surface area is 123 Å². The lowest BCUT2D eigenvalue weighted by molar-refractivity contribution is 0.0217. The molecule has 5 heteroatoms. The lowest BCUT2D eigenvalue weighted by Gasteiger charge is -2.49. The molecule has 0 spiro atoms. The molecule has 1 amide bonds. The normalized spacial score (nSPS) is 31.5. The van der Waals surface area contributed by atoms with Gasteiger partial charge in [0.25, 0.3) is 5.91 Å². The monoisotopic (exact) mass is 284 g/mol. The minimum Gasteiger partial charge on any atom is -0.347 e. The first-order valence-corrected chi connectivity index (χ1v) is 7.70. The number of hydrogen-bond acceptors (Lipinski definition) is 3. The number of fused-ring (bicyclic) bond motifs is 4. The molecule has 2 N–H and O–H groups in total. The van der Waals surface area contributed by atoms with Gasteiger partial charge >= 0.3 is 0 Å². The number of imidazole rings is 1. The molecule has 1 unspecified atom stereocenters. The third-order valence-corrected chi connectivity index (χ3v) is 5.16. The van der Waals surface area contributed by atoms with Gasteiger partial charge in [-0.2, -0.15) is 0 Å². The summed E-state index contributed by atoms with van der Waals surface area (Å²) in [5.74, 6) is 0.655. The van der Waals surface area contributed by atoms with Crippen LogP contribution in [0, 0.1) is 5.92 Å². The number of carbonyl (C=O) groups excluding carboxylic acids is 1. The number of H-pyrrole nitrogens is 1. The van der Waals surface area contributed by atoms with Crippen molar-refractivity contribution in [1.82, 2.24) is 20.2 Å².